The molecule has 4 aromatic rings. The Morgan fingerprint density at radius 1 is 0.973 bits per heavy atom. The lowest BCUT2D eigenvalue weighted by Gasteiger charge is -2.13. The molecule has 1 fully saturated rings. The highest BCUT2D eigenvalue weighted by Crippen LogP contribution is 2.32. The number of urea groups is 1. The average molecular weight is 497 g/mol. The topological polar surface area (TPSA) is 102 Å². The van der Waals surface area contributed by atoms with Gasteiger partial charge in [0.05, 0.1) is 11.5 Å². The first-order valence-corrected chi connectivity index (χ1v) is 11.4. The van der Waals surface area contributed by atoms with E-state index in [0.717, 1.165) is 15.7 Å². The number of amides is 3. The van der Waals surface area contributed by atoms with Crippen molar-refractivity contribution < 1.29 is 23.6 Å². The molecule has 1 N–H and O–H groups in total. The van der Waals surface area contributed by atoms with Crippen LogP contribution < -0.4 is 10.1 Å². The Hall–Kier alpha value is -5.05. The van der Waals surface area contributed by atoms with Crippen LogP contribution in [0.5, 0.6) is 5.75 Å². The van der Waals surface area contributed by atoms with Gasteiger partial charge in [0, 0.05) is 23.3 Å². The number of ether oxygens (including phenoxy) is 1. The van der Waals surface area contributed by atoms with Gasteiger partial charge in [0.2, 0.25) is 0 Å². The number of nitro benzene ring substituents is 1. The van der Waals surface area contributed by atoms with Gasteiger partial charge in [-0.05, 0) is 34.5 Å². The molecule has 9 heteroatoms. The fourth-order valence-corrected chi connectivity index (χ4v) is 4.13. The first-order valence-electron chi connectivity index (χ1n) is 11.4. The molecule has 0 aliphatic carbocycles. The lowest BCUT2D eigenvalue weighted by Crippen LogP contribution is -2.30. The van der Waals surface area contributed by atoms with E-state index in [2.05, 4.69) is 5.32 Å². The van der Waals surface area contributed by atoms with Crippen LogP contribution in [-0.2, 0) is 17.9 Å². The van der Waals surface area contributed by atoms with Crippen molar-refractivity contribution in [2.24, 2.45) is 0 Å². The van der Waals surface area contributed by atoms with Gasteiger partial charge >= 0.3 is 6.03 Å². The van der Waals surface area contributed by atoms with E-state index in [1.165, 1.54) is 36.4 Å². The molecule has 1 aliphatic heterocycles. The summed E-state index contributed by atoms with van der Waals surface area (Å²) in [5.41, 5.74) is 1.36. The molecule has 0 radical (unpaired) electrons. The number of carbonyl (C=O) groups excluding carboxylic acids is 2. The van der Waals surface area contributed by atoms with Crippen LogP contribution in [-0.4, -0.2) is 21.8 Å². The highest BCUT2D eigenvalue weighted by molar-refractivity contribution is 6.14. The maximum absolute atomic E-state index is 14.1. The van der Waals surface area contributed by atoms with Crippen LogP contribution in [0, 0.1) is 15.9 Å². The highest BCUT2D eigenvalue weighted by atomic mass is 19.1. The van der Waals surface area contributed by atoms with Crippen LogP contribution in [0.4, 0.5) is 14.9 Å². The van der Waals surface area contributed by atoms with Crippen LogP contribution >= 0.6 is 0 Å². The molecule has 1 aliphatic rings. The van der Waals surface area contributed by atoms with Crippen molar-refractivity contribution in [2.45, 2.75) is 13.2 Å². The predicted molar refractivity (Wildman–Crippen MR) is 135 cm³/mol. The Bertz CT molecular complexity index is 1580. The van der Waals surface area contributed by atoms with Crippen LogP contribution in [0.3, 0.4) is 0 Å². The smallest absolute Gasteiger partial charge is 0.329 e. The van der Waals surface area contributed by atoms with Crippen molar-refractivity contribution >= 4 is 34.5 Å². The summed E-state index contributed by atoms with van der Waals surface area (Å²) >= 11 is 0. The standard InChI is InChI=1S/C28H20FN3O5/c29-24-11-4-2-8-20(24)16-31-27(33)25(30-28(31)34)15-23-22-10-3-1-7-19(22)12-13-26(23)37-17-18-6-5-9-21(14-18)32(35)36/h1-15H,16-17H2,(H,30,34)/b25-15+. The van der Waals surface area contributed by atoms with E-state index in [9.17, 15) is 24.1 Å². The summed E-state index contributed by atoms with van der Waals surface area (Å²) in [6.45, 7) is -0.156. The fraction of sp³-hybridized carbons (Fsp3) is 0.0714. The summed E-state index contributed by atoms with van der Waals surface area (Å²) in [7, 11) is 0. The minimum atomic E-state index is -0.654. The maximum Gasteiger partial charge on any atom is 0.329 e. The summed E-state index contributed by atoms with van der Waals surface area (Å²) in [6.07, 6.45) is 1.53. The minimum Gasteiger partial charge on any atom is -0.488 e. The average Bonchev–Trinajstić information content (AvgIpc) is 3.17. The van der Waals surface area contributed by atoms with Gasteiger partial charge in [0.25, 0.3) is 11.6 Å². The summed E-state index contributed by atoms with van der Waals surface area (Å²) in [5.74, 6) is -0.676. The maximum atomic E-state index is 14.1. The molecule has 1 heterocycles. The van der Waals surface area contributed by atoms with Crippen molar-refractivity contribution in [1.82, 2.24) is 10.2 Å². The minimum absolute atomic E-state index is 0.0258. The number of nitro groups is 1. The number of nitrogens with zero attached hydrogens (tertiary/aromatic N) is 2. The molecule has 0 bridgehead atoms. The van der Waals surface area contributed by atoms with E-state index in [4.69, 9.17) is 4.74 Å². The molecule has 1 saturated heterocycles. The van der Waals surface area contributed by atoms with Crippen molar-refractivity contribution in [1.29, 1.82) is 0 Å². The molecule has 5 rings (SSSR count). The molecule has 184 valence electrons. The van der Waals surface area contributed by atoms with Crippen molar-refractivity contribution in [3.05, 3.63) is 123 Å². The van der Waals surface area contributed by atoms with E-state index in [-0.39, 0.29) is 30.1 Å². The van der Waals surface area contributed by atoms with E-state index in [1.807, 2.05) is 30.3 Å². The molecule has 0 atom stereocenters. The first-order chi connectivity index (χ1) is 17.9. The molecule has 0 saturated carbocycles. The fourth-order valence-electron chi connectivity index (χ4n) is 4.13. The zero-order valence-corrected chi connectivity index (χ0v) is 19.4. The highest BCUT2D eigenvalue weighted by Gasteiger charge is 2.34. The number of nitrogens with one attached hydrogen (secondary N) is 1. The Kier molecular flexibility index (Phi) is 6.34. The lowest BCUT2D eigenvalue weighted by molar-refractivity contribution is -0.384. The molecule has 0 aromatic heterocycles. The normalized spacial score (nSPS) is 14.3. The van der Waals surface area contributed by atoms with E-state index < -0.39 is 22.7 Å². The number of imide groups is 1. The Morgan fingerprint density at radius 2 is 1.76 bits per heavy atom. The Morgan fingerprint density at radius 3 is 2.57 bits per heavy atom. The number of rotatable bonds is 7. The number of halogens is 1. The van der Waals surface area contributed by atoms with Gasteiger partial charge in [0.15, 0.2) is 0 Å². The molecular formula is C28H20FN3O5. The summed E-state index contributed by atoms with van der Waals surface area (Å²) in [5, 5.41) is 15.3. The zero-order valence-electron chi connectivity index (χ0n) is 19.4. The molecule has 4 aromatic carbocycles. The summed E-state index contributed by atoms with van der Waals surface area (Å²) in [4.78, 5) is 37.3. The van der Waals surface area contributed by atoms with Crippen molar-refractivity contribution in [2.75, 3.05) is 0 Å². The number of hydrogen-bond acceptors (Lipinski definition) is 5. The quantitative estimate of drug-likeness (QED) is 0.156. The van der Waals surface area contributed by atoms with Gasteiger partial charge in [-0.1, -0.05) is 60.7 Å². The molecule has 8 nitrogen and oxygen atoms in total. The lowest BCUT2D eigenvalue weighted by atomic mass is 10.0. The third-order valence-corrected chi connectivity index (χ3v) is 5.98. The zero-order chi connectivity index (χ0) is 25.9. The van der Waals surface area contributed by atoms with Crippen LogP contribution in [0.15, 0.2) is 90.6 Å². The third kappa shape index (κ3) is 4.87. The number of non-ortho nitro benzene ring substituents is 1. The van der Waals surface area contributed by atoms with E-state index in [0.29, 0.717) is 16.9 Å². The van der Waals surface area contributed by atoms with Gasteiger partial charge in [-0.15, -0.1) is 0 Å². The van der Waals surface area contributed by atoms with E-state index >= 15 is 0 Å². The number of carbonyl (C=O) groups is 2. The Balaban J connectivity index is 1.48. The Labute approximate surface area is 210 Å². The van der Waals surface area contributed by atoms with Crippen molar-refractivity contribution in [3.8, 4) is 5.75 Å². The predicted octanol–water partition coefficient (Wildman–Crippen LogP) is 5.56. The molecule has 0 unspecified atom stereocenters. The van der Waals surface area contributed by atoms with Gasteiger partial charge in [-0.3, -0.25) is 19.8 Å². The van der Waals surface area contributed by atoms with Gasteiger partial charge in [-0.2, -0.15) is 0 Å². The van der Waals surface area contributed by atoms with Crippen LogP contribution in [0.25, 0.3) is 16.8 Å². The molecule has 0 spiro atoms. The monoisotopic (exact) mass is 497 g/mol. The van der Waals surface area contributed by atoms with Gasteiger partial charge in [-0.25, -0.2) is 9.18 Å². The van der Waals surface area contributed by atoms with Crippen LogP contribution in [0.1, 0.15) is 16.7 Å². The van der Waals surface area contributed by atoms with Crippen molar-refractivity contribution in [3.63, 3.8) is 0 Å². The molecule has 3 amide bonds. The SMILES string of the molecule is O=C1N/C(=C/c2c(OCc3cccc([N+](=O)[O-])c3)ccc3ccccc23)C(=O)N1Cc1ccccc1F. The first kappa shape index (κ1) is 23.7. The number of hydrogen-bond donors (Lipinski definition) is 1. The largest absolute Gasteiger partial charge is 0.488 e. The van der Waals surface area contributed by atoms with Gasteiger partial charge < -0.3 is 10.1 Å². The van der Waals surface area contributed by atoms with Gasteiger partial charge in [0.1, 0.15) is 23.9 Å². The third-order valence-electron chi connectivity index (χ3n) is 5.98. The number of fused-ring (bicyclic) bond motifs is 1. The summed E-state index contributed by atoms with van der Waals surface area (Å²) in [6, 6.07) is 22.5. The number of benzene rings is 4. The second-order valence-electron chi connectivity index (χ2n) is 8.39. The molecule has 37 heavy (non-hydrogen) atoms. The van der Waals surface area contributed by atoms with Crippen LogP contribution in [0.2, 0.25) is 0 Å². The summed E-state index contributed by atoms with van der Waals surface area (Å²) < 4.78 is 20.1. The second-order valence-corrected chi connectivity index (χ2v) is 8.39. The van der Waals surface area contributed by atoms with E-state index in [1.54, 1.807) is 24.3 Å². The molecular weight excluding hydrogens is 477 g/mol. The second kappa shape index (κ2) is 9.90.